The average molecular weight is 326 g/mol. The molecule has 0 aromatic heterocycles. The number of nitrogens with zero attached hydrogens (tertiary/aromatic N) is 2. The number of halogens is 1. The van der Waals surface area contributed by atoms with Crippen molar-refractivity contribution in [3.05, 3.63) is 28.2 Å². The summed E-state index contributed by atoms with van der Waals surface area (Å²) < 4.78 is 1.12. The van der Waals surface area contributed by atoms with E-state index in [-0.39, 0.29) is 6.04 Å². The van der Waals surface area contributed by atoms with Crippen molar-refractivity contribution in [2.75, 3.05) is 31.1 Å². The van der Waals surface area contributed by atoms with E-state index in [0.29, 0.717) is 6.04 Å². The minimum atomic E-state index is 0.0688. The molecule has 0 aliphatic carbocycles. The summed E-state index contributed by atoms with van der Waals surface area (Å²) in [7, 11) is 0. The highest BCUT2D eigenvalue weighted by molar-refractivity contribution is 9.10. The Balaban J connectivity index is 2.13. The Bertz CT molecular complexity index is 433. The van der Waals surface area contributed by atoms with Gasteiger partial charge in [-0.25, -0.2) is 0 Å². The summed E-state index contributed by atoms with van der Waals surface area (Å²) in [4.78, 5) is 4.99. The Kier molecular flexibility index (Phi) is 4.87. The molecule has 1 fully saturated rings. The summed E-state index contributed by atoms with van der Waals surface area (Å²) >= 11 is 3.64. The number of hydrogen-bond acceptors (Lipinski definition) is 3. The molecule has 1 heterocycles. The second-order valence-electron chi connectivity index (χ2n) is 5.42. The molecule has 3 nitrogen and oxygen atoms in total. The molecule has 0 bridgehead atoms. The number of nitrogens with two attached hydrogens (primary N) is 1. The highest BCUT2D eigenvalue weighted by Crippen LogP contribution is 2.28. The van der Waals surface area contributed by atoms with Gasteiger partial charge in [0.1, 0.15) is 0 Å². The second kappa shape index (κ2) is 6.25. The van der Waals surface area contributed by atoms with Gasteiger partial charge in [-0.2, -0.15) is 0 Å². The van der Waals surface area contributed by atoms with Gasteiger partial charge in [0.05, 0.1) is 0 Å². The van der Waals surface area contributed by atoms with Crippen molar-refractivity contribution >= 4 is 21.6 Å². The molecule has 2 N–H and O–H groups in total. The average Bonchev–Trinajstić information content (AvgIpc) is 2.38. The van der Waals surface area contributed by atoms with Gasteiger partial charge >= 0.3 is 0 Å². The molecule has 1 aliphatic heterocycles. The molecule has 0 saturated carbocycles. The fourth-order valence-electron chi connectivity index (χ4n) is 2.78. The van der Waals surface area contributed by atoms with E-state index in [1.165, 1.54) is 11.3 Å². The van der Waals surface area contributed by atoms with Gasteiger partial charge in [0, 0.05) is 41.9 Å². The van der Waals surface area contributed by atoms with Crippen LogP contribution in [0.5, 0.6) is 0 Å². The van der Waals surface area contributed by atoms with E-state index >= 15 is 0 Å². The van der Waals surface area contributed by atoms with Crippen LogP contribution in [0.4, 0.5) is 5.69 Å². The predicted octanol–water partition coefficient (Wildman–Crippen LogP) is 3.00. The highest BCUT2D eigenvalue weighted by atomic mass is 79.9. The molecule has 0 radical (unpaired) electrons. The number of piperazine rings is 1. The molecule has 1 aromatic rings. The number of rotatable bonds is 3. The van der Waals surface area contributed by atoms with Crippen LogP contribution in [0.15, 0.2) is 22.7 Å². The van der Waals surface area contributed by atoms with Gasteiger partial charge in [-0.05, 0) is 38.1 Å². The van der Waals surface area contributed by atoms with Crippen molar-refractivity contribution in [3.63, 3.8) is 0 Å². The van der Waals surface area contributed by atoms with E-state index in [1.807, 2.05) is 6.92 Å². The summed E-state index contributed by atoms with van der Waals surface area (Å²) in [6.07, 6.45) is 0. The third kappa shape index (κ3) is 3.30. The third-order valence-corrected chi connectivity index (χ3v) is 4.70. The van der Waals surface area contributed by atoms with Crippen molar-refractivity contribution in [1.82, 2.24) is 4.90 Å². The normalized spacial score (nSPS) is 22.6. The Morgan fingerprint density at radius 1 is 1.42 bits per heavy atom. The molecule has 1 saturated heterocycles. The monoisotopic (exact) mass is 325 g/mol. The first-order valence-electron chi connectivity index (χ1n) is 7.07. The molecule has 19 heavy (non-hydrogen) atoms. The van der Waals surface area contributed by atoms with Crippen LogP contribution in [0.1, 0.15) is 32.4 Å². The Hall–Kier alpha value is -0.580. The molecule has 4 heteroatoms. The lowest BCUT2D eigenvalue weighted by atomic mass is 10.1. The number of likely N-dealkylation sites (N-methyl/N-ethyl adjacent to an activating group) is 1. The highest BCUT2D eigenvalue weighted by Gasteiger charge is 2.22. The van der Waals surface area contributed by atoms with Crippen LogP contribution < -0.4 is 10.6 Å². The Morgan fingerprint density at radius 2 is 2.16 bits per heavy atom. The van der Waals surface area contributed by atoms with E-state index < -0.39 is 0 Å². The first-order valence-corrected chi connectivity index (χ1v) is 7.86. The third-order valence-electron chi connectivity index (χ3n) is 4.01. The van der Waals surface area contributed by atoms with E-state index in [9.17, 15) is 0 Å². The van der Waals surface area contributed by atoms with Crippen molar-refractivity contribution < 1.29 is 0 Å². The quantitative estimate of drug-likeness (QED) is 0.927. The number of hydrogen-bond donors (Lipinski definition) is 1. The van der Waals surface area contributed by atoms with E-state index in [2.05, 4.69) is 57.8 Å². The van der Waals surface area contributed by atoms with Gasteiger partial charge in [-0.1, -0.05) is 28.9 Å². The lowest BCUT2D eigenvalue weighted by Gasteiger charge is -2.40. The SMILES string of the molecule is CCN1CCN(c2ccc(C(C)N)c(Br)c2)CC1C. The summed E-state index contributed by atoms with van der Waals surface area (Å²) in [5.74, 6) is 0. The van der Waals surface area contributed by atoms with Crippen molar-refractivity contribution in [2.24, 2.45) is 5.73 Å². The molecule has 0 spiro atoms. The number of benzene rings is 1. The van der Waals surface area contributed by atoms with Crippen LogP contribution in [0.2, 0.25) is 0 Å². The first kappa shape index (κ1) is 14.8. The molecule has 106 valence electrons. The molecule has 2 atom stereocenters. The van der Waals surface area contributed by atoms with Crippen molar-refractivity contribution in [1.29, 1.82) is 0 Å². The Labute approximate surface area is 124 Å². The zero-order chi connectivity index (χ0) is 14.0. The van der Waals surface area contributed by atoms with Crippen LogP contribution in [0.3, 0.4) is 0 Å². The topological polar surface area (TPSA) is 32.5 Å². The van der Waals surface area contributed by atoms with Crippen LogP contribution in [0, 0.1) is 0 Å². The minimum Gasteiger partial charge on any atom is -0.369 e. The van der Waals surface area contributed by atoms with Crippen LogP contribution >= 0.6 is 15.9 Å². The van der Waals surface area contributed by atoms with Crippen molar-refractivity contribution in [3.8, 4) is 0 Å². The zero-order valence-corrected chi connectivity index (χ0v) is 13.7. The van der Waals surface area contributed by atoms with Gasteiger partial charge in [-0.15, -0.1) is 0 Å². The maximum atomic E-state index is 5.95. The van der Waals surface area contributed by atoms with E-state index in [1.54, 1.807) is 0 Å². The summed E-state index contributed by atoms with van der Waals surface area (Å²) in [6, 6.07) is 7.22. The van der Waals surface area contributed by atoms with E-state index in [4.69, 9.17) is 5.73 Å². The van der Waals surface area contributed by atoms with Gasteiger partial charge in [0.2, 0.25) is 0 Å². The van der Waals surface area contributed by atoms with Crippen LogP contribution in [-0.2, 0) is 0 Å². The summed E-state index contributed by atoms with van der Waals surface area (Å²) in [5, 5.41) is 0. The molecular weight excluding hydrogens is 302 g/mol. The number of anilines is 1. The molecule has 0 amide bonds. The van der Waals surface area contributed by atoms with Crippen LogP contribution in [-0.4, -0.2) is 37.1 Å². The van der Waals surface area contributed by atoms with Crippen molar-refractivity contribution in [2.45, 2.75) is 32.9 Å². The largest absolute Gasteiger partial charge is 0.369 e. The second-order valence-corrected chi connectivity index (χ2v) is 6.27. The summed E-state index contributed by atoms with van der Waals surface area (Å²) in [6.45, 7) is 11.0. The molecule has 1 aromatic carbocycles. The standard InChI is InChI=1S/C15H24BrN3/c1-4-18-7-8-19(10-11(18)2)13-5-6-14(12(3)17)15(16)9-13/h5-6,9,11-12H,4,7-8,10,17H2,1-3H3. The van der Waals surface area contributed by atoms with Gasteiger partial charge in [0.25, 0.3) is 0 Å². The van der Waals surface area contributed by atoms with E-state index in [0.717, 1.165) is 30.7 Å². The fourth-order valence-corrected chi connectivity index (χ4v) is 3.51. The van der Waals surface area contributed by atoms with Gasteiger partial charge in [-0.3, -0.25) is 4.90 Å². The van der Waals surface area contributed by atoms with Crippen LogP contribution in [0.25, 0.3) is 0 Å². The maximum absolute atomic E-state index is 5.95. The lowest BCUT2D eigenvalue weighted by molar-refractivity contribution is 0.199. The molecule has 2 rings (SSSR count). The summed E-state index contributed by atoms with van der Waals surface area (Å²) in [5.41, 5.74) is 8.41. The lowest BCUT2D eigenvalue weighted by Crippen LogP contribution is -2.51. The molecule has 1 aliphatic rings. The smallest absolute Gasteiger partial charge is 0.0378 e. The van der Waals surface area contributed by atoms with Gasteiger partial charge in [0.15, 0.2) is 0 Å². The van der Waals surface area contributed by atoms with Gasteiger partial charge < -0.3 is 10.6 Å². The Morgan fingerprint density at radius 3 is 2.68 bits per heavy atom. The minimum absolute atomic E-state index is 0.0688. The first-order chi connectivity index (χ1) is 9.02. The zero-order valence-electron chi connectivity index (χ0n) is 12.1. The molecular formula is C15H24BrN3. The molecule has 2 unspecified atom stereocenters. The predicted molar refractivity (Wildman–Crippen MR) is 85.7 cm³/mol. The fraction of sp³-hybridized carbons (Fsp3) is 0.600. The maximum Gasteiger partial charge on any atom is 0.0378 e.